The van der Waals surface area contributed by atoms with E-state index < -0.39 is 8.97 Å². The average molecular weight is 261 g/mol. The molecule has 0 atom stereocenters. The van der Waals surface area contributed by atoms with Crippen LogP contribution in [0.2, 0.25) is 0 Å². The van der Waals surface area contributed by atoms with Gasteiger partial charge in [0.2, 0.25) is 0 Å². The van der Waals surface area contributed by atoms with E-state index in [1.165, 1.54) is 0 Å². The molecule has 0 aromatic heterocycles. The molecule has 0 radical (unpaired) electrons. The van der Waals surface area contributed by atoms with Gasteiger partial charge in [-0.1, -0.05) is 41.5 Å². The summed E-state index contributed by atoms with van der Waals surface area (Å²) in [5, 5.41) is 0. The van der Waals surface area contributed by atoms with Gasteiger partial charge in [-0.3, -0.25) is 0 Å². The highest BCUT2D eigenvalue weighted by molar-refractivity contribution is 6.60. The van der Waals surface area contributed by atoms with Crippen LogP contribution in [0.15, 0.2) is 4.66 Å². The van der Waals surface area contributed by atoms with Gasteiger partial charge in [-0.25, -0.2) is 4.66 Å². The SMILES string of the molecule is CO[Si](N=C(C(C)(C)C)C(C)(C)C)(OC)OC. The maximum Gasteiger partial charge on any atom is 0.651 e. The molecule has 0 unspecified atom stereocenters. The molecule has 0 aliphatic heterocycles. The lowest BCUT2D eigenvalue weighted by Crippen LogP contribution is -2.46. The Bertz CT molecular complexity index is 248. The largest absolute Gasteiger partial charge is 0.651 e. The van der Waals surface area contributed by atoms with Crippen LogP contribution in [-0.2, 0) is 13.3 Å². The molecule has 0 N–H and O–H groups in total. The molecule has 0 spiro atoms. The molecule has 17 heavy (non-hydrogen) atoms. The molecule has 5 heteroatoms. The minimum atomic E-state index is -2.91. The fourth-order valence-corrected chi connectivity index (χ4v) is 3.70. The van der Waals surface area contributed by atoms with Crippen LogP contribution in [-0.4, -0.2) is 36.0 Å². The zero-order valence-corrected chi connectivity index (χ0v) is 13.7. The zero-order valence-electron chi connectivity index (χ0n) is 12.7. The molecule has 0 aliphatic rings. The molecule has 0 aromatic carbocycles. The molecule has 0 rings (SSSR count). The molecule has 0 aliphatic carbocycles. The Balaban J connectivity index is 5.61. The fourth-order valence-electron chi connectivity index (χ4n) is 1.98. The first-order valence-electron chi connectivity index (χ1n) is 5.78. The van der Waals surface area contributed by atoms with Crippen molar-refractivity contribution < 1.29 is 13.3 Å². The van der Waals surface area contributed by atoms with Gasteiger partial charge in [0.1, 0.15) is 0 Å². The Morgan fingerprint density at radius 2 is 1.06 bits per heavy atom. The van der Waals surface area contributed by atoms with Crippen molar-refractivity contribution in [2.75, 3.05) is 21.3 Å². The predicted octanol–water partition coefficient (Wildman–Crippen LogP) is 2.89. The second-order valence-electron chi connectivity index (χ2n) is 6.10. The minimum Gasteiger partial charge on any atom is -0.359 e. The molecule has 0 saturated carbocycles. The fraction of sp³-hybridized carbons (Fsp3) is 0.917. The molecule has 0 saturated heterocycles. The Hall–Kier alpha value is -0.233. The molecule has 0 heterocycles. The smallest absolute Gasteiger partial charge is 0.359 e. The van der Waals surface area contributed by atoms with Gasteiger partial charge < -0.3 is 13.3 Å². The maximum atomic E-state index is 5.36. The second kappa shape index (κ2) is 5.61. The lowest BCUT2D eigenvalue weighted by Gasteiger charge is -2.34. The normalized spacial score (nSPS) is 13.7. The van der Waals surface area contributed by atoms with Crippen molar-refractivity contribution in [3.8, 4) is 0 Å². The van der Waals surface area contributed by atoms with E-state index in [2.05, 4.69) is 41.5 Å². The highest BCUT2D eigenvalue weighted by atomic mass is 28.4. The van der Waals surface area contributed by atoms with E-state index in [1.807, 2.05) is 0 Å². The summed E-state index contributed by atoms with van der Waals surface area (Å²) in [5.74, 6) is 0. The molecule has 0 amide bonds. The summed E-state index contributed by atoms with van der Waals surface area (Å²) in [5.41, 5.74) is 0.945. The van der Waals surface area contributed by atoms with Crippen molar-refractivity contribution in [3.05, 3.63) is 0 Å². The Morgan fingerprint density at radius 1 is 0.765 bits per heavy atom. The van der Waals surface area contributed by atoms with Gasteiger partial charge in [0.25, 0.3) is 0 Å². The summed E-state index contributed by atoms with van der Waals surface area (Å²) < 4.78 is 20.8. The molecular weight excluding hydrogens is 234 g/mol. The summed E-state index contributed by atoms with van der Waals surface area (Å²) >= 11 is 0. The Kier molecular flexibility index (Phi) is 5.53. The van der Waals surface area contributed by atoms with Crippen LogP contribution in [0.3, 0.4) is 0 Å². The van der Waals surface area contributed by atoms with Crippen LogP contribution in [0.4, 0.5) is 0 Å². The lowest BCUT2D eigenvalue weighted by atomic mass is 9.75. The monoisotopic (exact) mass is 261 g/mol. The molecule has 102 valence electrons. The topological polar surface area (TPSA) is 40.0 Å². The summed E-state index contributed by atoms with van der Waals surface area (Å²) in [6.07, 6.45) is 0. The van der Waals surface area contributed by atoms with E-state index in [9.17, 15) is 0 Å². The van der Waals surface area contributed by atoms with Crippen LogP contribution < -0.4 is 0 Å². The Morgan fingerprint density at radius 3 is 1.24 bits per heavy atom. The Labute approximate surface area is 107 Å². The van der Waals surface area contributed by atoms with Crippen LogP contribution >= 0.6 is 0 Å². The first kappa shape index (κ1) is 16.8. The van der Waals surface area contributed by atoms with Gasteiger partial charge in [-0.2, -0.15) is 0 Å². The van der Waals surface area contributed by atoms with E-state index >= 15 is 0 Å². The van der Waals surface area contributed by atoms with E-state index in [1.54, 1.807) is 21.3 Å². The third-order valence-electron chi connectivity index (χ3n) is 2.44. The summed E-state index contributed by atoms with van der Waals surface area (Å²) in [4.78, 5) is 0. The molecule has 4 nitrogen and oxygen atoms in total. The van der Waals surface area contributed by atoms with Gasteiger partial charge in [0.05, 0.1) is 0 Å². The lowest BCUT2D eigenvalue weighted by molar-refractivity contribution is 0.125. The van der Waals surface area contributed by atoms with Crippen molar-refractivity contribution >= 4 is 14.7 Å². The van der Waals surface area contributed by atoms with E-state index in [0.29, 0.717) is 0 Å². The van der Waals surface area contributed by atoms with Gasteiger partial charge in [-0.15, -0.1) is 0 Å². The third kappa shape index (κ3) is 4.50. The maximum absolute atomic E-state index is 5.36. The van der Waals surface area contributed by atoms with Gasteiger partial charge in [-0.05, 0) is 10.8 Å². The zero-order chi connectivity index (χ0) is 13.9. The second-order valence-corrected chi connectivity index (χ2v) is 8.59. The summed E-state index contributed by atoms with van der Waals surface area (Å²) in [7, 11) is 1.81. The van der Waals surface area contributed by atoms with Crippen LogP contribution in [0.25, 0.3) is 0 Å². The number of nitrogens with zero attached hydrogens (tertiary/aromatic N) is 1. The number of hydrogen-bond acceptors (Lipinski definition) is 4. The third-order valence-corrected chi connectivity index (χ3v) is 4.49. The molecule has 0 aromatic rings. The predicted molar refractivity (Wildman–Crippen MR) is 73.1 cm³/mol. The van der Waals surface area contributed by atoms with Crippen LogP contribution in [0.5, 0.6) is 0 Å². The van der Waals surface area contributed by atoms with Crippen molar-refractivity contribution in [1.82, 2.24) is 0 Å². The number of hydrogen-bond donors (Lipinski definition) is 0. The summed E-state index contributed by atoms with van der Waals surface area (Å²) in [6.45, 7) is 12.8. The highest BCUT2D eigenvalue weighted by Crippen LogP contribution is 2.31. The molecule has 0 bridgehead atoms. The average Bonchev–Trinajstić information content (AvgIpc) is 2.17. The van der Waals surface area contributed by atoms with Crippen LogP contribution in [0, 0.1) is 10.8 Å². The van der Waals surface area contributed by atoms with Crippen molar-refractivity contribution in [3.63, 3.8) is 0 Å². The first-order chi connectivity index (χ1) is 7.52. The quantitative estimate of drug-likeness (QED) is 0.577. The highest BCUT2D eigenvalue weighted by Gasteiger charge is 2.43. The van der Waals surface area contributed by atoms with Crippen LogP contribution in [0.1, 0.15) is 41.5 Å². The number of rotatable bonds is 4. The standard InChI is InChI=1S/C12H27NO3Si/c1-11(2,3)10(12(4,5)6)13-17(14-7,15-8)16-9/h1-9H3. The van der Waals surface area contributed by atoms with Gasteiger partial charge >= 0.3 is 8.97 Å². The molecule has 0 fully saturated rings. The molecular formula is C12H27NO3Si. The van der Waals surface area contributed by atoms with Crippen molar-refractivity contribution in [1.29, 1.82) is 0 Å². The minimum absolute atomic E-state index is 0.0495. The van der Waals surface area contributed by atoms with E-state index in [4.69, 9.17) is 17.9 Å². The van der Waals surface area contributed by atoms with Gasteiger partial charge in [0, 0.05) is 27.0 Å². The van der Waals surface area contributed by atoms with Crippen molar-refractivity contribution in [2.45, 2.75) is 41.5 Å². The van der Waals surface area contributed by atoms with E-state index in [0.717, 1.165) is 5.71 Å². The summed E-state index contributed by atoms with van der Waals surface area (Å²) in [6, 6.07) is 0. The van der Waals surface area contributed by atoms with Crippen molar-refractivity contribution in [2.24, 2.45) is 15.5 Å². The first-order valence-corrected chi connectivity index (χ1v) is 7.46. The van der Waals surface area contributed by atoms with Gasteiger partial charge in [0.15, 0.2) is 0 Å². The van der Waals surface area contributed by atoms with E-state index in [-0.39, 0.29) is 10.8 Å².